The monoisotopic (exact) mass is 382 g/mol. The van der Waals surface area contributed by atoms with Gasteiger partial charge in [-0.2, -0.15) is 0 Å². The fourth-order valence-electron chi connectivity index (χ4n) is 0.989. The highest BCUT2D eigenvalue weighted by atomic mass is 127. The molecule has 0 bridgehead atoms. The van der Waals surface area contributed by atoms with Crippen molar-refractivity contribution in [3.05, 3.63) is 25.4 Å². The van der Waals surface area contributed by atoms with Crippen LogP contribution in [0.15, 0.2) is 6.07 Å². The summed E-state index contributed by atoms with van der Waals surface area (Å²) in [7, 11) is 0. The second kappa shape index (κ2) is 5.21. The number of hydrogen-bond acceptors (Lipinski definition) is 4. The maximum absolute atomic E-state index is 11.9. The quantitative estimate of drug-likeness (QED) is 0.348. The average molecular weight is 382 g/mol. The van der Waals surface area contributed by atoms with Gasteiger partial charge < -0.3 is 4.74 Å². The molecule has 94 valence electrons. The summed E-state index contributed by atoms with van der Waals surface area (Å²) in [5.74, 6) is -1.16. The van der Waals surface area contributed by atoms with Crippen molar-refractivity contribution in [3.63, 3.8) is 0 Å². The van der Waals surface area contributed by atoms with Crippen LogP contribution >= 0.6 is 34.2 Å². The van der Waals surface area contributed by atoms with Gasteiger partial charge in [0, 0.05) is 6.07 Å². The Kier molecular flexibility index (Phi) is 4.36. The van der Waals surface area contributed by atoms with Crippen molar-refractivity contribution in [2.24, 2.45) is 0 Å². The zero-order chi connectivity index (χ0) is 13.2. The highest BCUT2D eigenvalue weighted by Gasteiger charge is 2.33. The average Bonchev–Trinajstić information content (AvgIpc) is 2.12. The van der Waals surface area contributed by atoms with Crippen LogP contribution in [0.4, 0.5) is 18.9 Å². The minimum atomic E-state index is -4.91. The van der Waals surface area contributed by atoms with Gasteiger partial charge in [-0.05, 0) is 22.6 Å². The maximum atomic E-state index is 11.9. The maximum Gasteiger partial charge on any atom is 0.574 e. The normalized spacial score (nSPS) is 11.4. The molecule has 1 rings (SSSR count). The van der Waals surface area contributed by atoms with Crippen LogP contribution in [0.5, 0.6) is 5.88 Å². The molecule has 17 heavy (non-hydrogen) atoms. The number of ether oxygens (including phenoxy) is 1. The van der Waals surface area contributed by atoms with Crippen LogP contribution in [0.2, 0.25) is 0 Å². The molecule has 0 aliphatic carbocycles. The Morgan fingerprint density at radius 1 is 1.59 bits per heavy atom. The van der Waals surface area contributed by atoms with Crippen molar-refractivity contribution in [3.8, 4) is 5.88 Å². The number of halogens is 5. The molecule has 5 nitrogen and oxygen atoms in total. The van der Waals surface area contributed by atoms with E-state index in [1.54, 1.807) is 0 Å². The van der Waals surface area contributed by atoms with E-state index in [1.165, 1.54) is 22.6 Å². The molecule has 0 saturated heterocycles. The molecule has 0 fully saturated rings. The second-order valence-corrected chi connectivity index (χ2v) is 4.11. The standard InChI is InChI=1S/C7H3ClF3IN2O3/c8-2-4-6(14(15)16)3(12)1-5(13-4)17-7(9,10)11/h1H,2H2. The minimum Gasteiger partial charge on any atom is -0.388 e. The Balaban J connectivity index is 3.23. The molecule has 0 amide bonds. The molecule has 0 unspecified atom stereocenters. The molecule has 1 aromatic rings. The number of pyridine rings is 1. The van der Waals surface area contributed by atoms with Crippen LogP contribution in [0.25, 0.3) is 0 Å². The van der Waals surface area contributed by atoms with Crippen LogP contribution in [-0.4, -0.2) is 16.3 Å². The van der Waals surface area contributed by atoms with Gasteiger partial charge in [0.25, 0.3) is 0 Å². The summed E-state index contributed by atoms with van der Waals surface area (Å²) >= 11 is 6.90. The highest BCUT2D eigenvalue weighted by molar-refractivity contribution is 14.1. The van der Waals surface area contributed by atoms with Gasteiger partial charge in [-0.3, -0.25) is 10.1 Å². The lowest BCUT2D eigenvalue weighted by Crippen LogP contribution is -2.18. The molecule has 1 heterocycles. The molecular formula is C7H3ClF3IN2O3. The van der Waals surface area contributed by atoms with Crippen LogP contribution in [0.1, 0.15) is 5.69 Å². The van der Waals surface area contributed by atoms with E-state index in [2.05, 4.69) is 9.72 Å². The molecule has 0 spiro atoms. The summed E-state index contributed by atoms with van der Waals surface area (Å²) in [6, 6.07) is 0.822. The number of nitro groups is 1. The Morgan fingerprint density at radius 2 is 2.18 bits per heavy atom. The van der Waals surface area contributed by atoms with E-state index in [9.17, 15) is 23.3 Å². The van der Waals surface area contributed by atoms with E-state index in [-0.39, 0.29) is 15.1 Å². The van der Waals surface area contributed by atoms with Crippen molar-refractivity contribution >= 4 is 39.9 Å². The number of nitrogens with zero attached hydrogens (tertiary/aromatic N) is 2. The largest absolute Gasteiger partial charge is 0.574 e. The Hall–Kier alpha value is -0.840. The molecule has 1 aromatic heterocycles. The molecule has 0 N–H and O–H groups in total. The Bertz CT molecular complexity index is 455. The second-order valence-electron chi connectivity index (χ2n) is 2.68. The fraction of sp³-hybridized carbons (Fsp3) is 0.286. The predicted molar refractivity (Wildman–Crippen MR) is 59.8 cm³/mol. The number of rotatable bonds is 3. The van der Waals surface area contributed by atoms with Gasteiger partial charge in [-0.25, -0.2) is 4.98 Å². The van der Waals surface area contributed by atoms with E-state index >= 15 is 0 Å². The first-order valence-electron chi connectivity index (χ1n) is 3.90. The third-order valence-corrected chi connectivity index (χ3v) is 2.60. The van der Waals surface area contributed by atoms with Crippen LogP contribution in [0.3, 0.4) is 0 Å². The summed E-state index contributed by atoms with van der Waals surface area (Å²) in [5.41, 5.74) is -0.696. The van der Waals surface area contributed by atoms with E-state index in [0.717, 1.165) is 6.07 Å². The third-order valence-electron chi connectivity index (χ3n) is 1.52. The van der Waals surface area contributed by atoms with Gasteiger partial charge in [0.05, 0.1) is 14.4 Å². The van der Waals surface area contributed by atoms with E-state index < -0.39 is 22.9 Å². The van der Waals surface area contributed by atoms with Crippen LogP contribution < -0.4 is 4.74 Å². The first-order valence-corrected chi connectivity index (χ1v) is 5.51. The molecule has 10 heteroatoms. The first kappa shape index (κ1) is 14.2. The molecule has 0 atom stereocenters. The first-order chi connectivity index (χ1) is 7.74. The van der Waals surface area contributed by atoms with Crippen molar-refractivity contribution in [2.45, 2.75) is 12.2 Å². The molecular weight excluding hydrogens is 379 g/mol. The Morgan fingerprint density at radius 3 is 2.59 bits per heavy atom. The predicted octanol–water partition coefficient (Wildman–Crippen LogP) is 3.23. The topological polar surface area (TPSA) is 65.3 Å². The van der Waals surface area contributed by atoms with Crippen LogP contribution in [0, 0.1) is 13.7 Å². The summed E-state index contributed by atoms with van der Waals surface area (Å²) in [4.78, 5) is 13.2. The Labute approximate surface area is 111 Å². The molecule has 0 radical (unpaired) electrons. The van der Waals surface area contributed by atoms with Crippen molar-refractivity contribution < 1.29 is 22.8 Å². The zero-order valence-corrected chi connectivity index (χ0v) is 10.7. The zero-order valence-electron chi connectivity index (χ0n) is 7.79. The smallest absolute Gasteiger partial charge is 0.388 e. The van der Waals surface area contributed by atoms with Gasteiger partial charge in [0.1, 0.15) is 5.69 Å². The number of alkyl halides is 4. The van der Waals surface area contributed by atoms with Crippen molar-refractivity contribution in [1.29, 1.82) is 0 Å². The summed E-state index contributed by atoms with van der Waals surface area (Å²) in [6.07, 6.45) is -4.91. The van der Waals surface area contributed by atoms with Gasteiger partial charge in [0.2, 0.25) is 5.88 Å². The SMILES string of the molecule is O=[N+]([O-])c1c(I)cc(OC(F)(F)F)nc1CCl. The molecule has 0 saturated carbocycles. The van der Waals surface area contributed by atoms with E-state index in [0.29, 0.717) is 0 Å². The summed E-state index contributed by atoms with van der Waals surface area (Å²) in [6.45, 7) is 0. The molecule has 0 aliphatic heterocycles. The lowest BCUT2D eigenvalue weighted by atomic mass is 10.3. The molecule has 0 aliphatic rings. The minimum absolute atomic E-state index is 0.0301. The highest BCUT2D eigenvalue weighted by Crippen LogP contribution is 2.30. The fourth-order valence-corrected chi connectivity index (χ4v) is 1.95. The lowest BCUT2D eigenvalue weighted by molar-refractivity contribution is -0.386. The van der Waals surface area contributed by atoms with E-state index in [4.69, 9.17) is 11.6 Å². The van der Waals surface area contributed by atoms with E-state index in [1.807, 2.05) is 0 Å². The third kappa shape index (κ3) is 3.84. The van der Waals surface area contributed by atoms with Crippen LogP contribution in [-0.2, 0) is 5.88 Å². The van der Waals surface area contributed by atoms with Gasteiger partial charge in [-0.1, -0.05) is 0 Å². The van der Waals surface area contributed by atoms with Gasteiger partial charge in [-0.15, -0.1) is 24.8 Å². The van der Waals surface area contributed by atoms with Crippen molar-refractivity contribution in [1.82, 2.24) is 4.98 Å². The number of hydrogen-bond donors (Lipinski definition) is 0. The lowest BCUT2D eigenvalue weighted by Gasteiger charge is -2.09. The summed E-state index contributed by atoms with van der Waals surface area (Å²) in [5, 5.41) is 10.6. The number of aromatic nitrogens is 1. The summed E-state index contributed by atoms with van der Waals surface area (Å²) < 4.78 is 39.3. The molecule has 0 aromatic carbocycles. The van der Waals surface area contributed by atoms with Gasteiger partial charge in [0.15, 0.2) is 0 Å². The van der Waals surface area contributed by atoms with Crippen molar-refractivity contribution in [2.75, 3.05) is 0 Å². The van der Waals surface area contributed by atoms with Gasteiger partial charge >= 0.3 is 12.0 Å².